The second kappa shape index (κ2) is 7.05. The molecular formula is C17H19BrFNO. The summed E-state index contributed by atoms with van der Waals surface area (Å²) < 4.78 is 20.7. The Hall–Kier alpha value is -1.39. The van der Waals surface area contributed by atoms with Crippen molar-refractivity contribution in [2.75, 3.05) is 0 Å². The highest BCUT2D eigenvalue weighted by Crippen LogP contribution is 2.30. The van der Waals surface area contributed by atoms with E-state index in [0.29, 0.717) is 18.3 Å². The van der Waals surface area contributed by atoms with Gasteiger partial charge in [-0.25, -0.2) is 4.39 Å². The average Bonchev–Trinajstić information content (AvgIpc) is 2.43. The van der Waals surface area contributed by atoms with Gasteiger partial charge in [0.1, 0.15) is 5.75 Å². The SMILES string of the molecule is Cc1ccc(Br)cc1Oc1ccc(CNC(C)C)cc1F. The topological polar surface area (TPSA) is 21.3 Å². The number of hydrogen-bond acceptors (Lipinski definition) is 2. The molecular weight excluding hydrogens is 333 g/mol. The van der Waals surface area contributed by atoms with E-state index < -0.39 is 0 Å². The highest BCUT2D eigenvalue weighted by molar-refractivity contribution is 9.10. The first kappa shape index (κ1) is 16.0. The van der Waals surface area contributed by atoms with Gasteiger partial charge in [-0.05, 0) is 42.3 Å². The van der Waals surface area contributed by atoms with Gasteiger partial charge in [0.25, 0.3) is 0 Å². The Balaban J connectivity index is 2.15. The van der Waals surface area contributed by atoms with Crippen LogP contribution in [0, 0.1) is 12.7 Å². The molecule has 0 saturated heterocycles. The van der Waals surface area contributed by atoms with Gasteiger partial charge < -0.3 is 10.1 Å². The van der Waals surface area contributed by atoms with Crippen molar-refractivity contribution in [3.05, 3.63) is 57.8 Å². The lowest BCUT2D eigenvalue weighted by Crippen LogP contribution is -2.21. The van der Waals surface area contributed by atoms with E-state index in [1.54, 1.807) is 6.07 Å². The molecule has 0 bridgehead atoms. The van der Waals surface area contributed by atoms with Crippen LogP contribution in [-0.2, 0) is 6.54 Å². The molecule has 0 aliphatic carbocycles. The first-order chi connectivity index (χ1) is 9.95. The molecule has 0 aromatic heterocycles. The molecule has 0 heterocycles. The molecule has 0 fully saturated rings. The molecule has 4 heteroatoms. The van der Waals surface area contributed by atoms with E-state index in [0.717, 1.165) is 15.6 Å². The second-order valence-corrected chi connectivity index (χ2v) is 6.23. The minimum absolute atomic E-state index is 0.240. The number of aryl methyl sites for hydroxylation is 1. The van der Waals surface area contributed by atoms with Gasteiger partial charge in [-0.1, -0.05) is 41.9 Å². The fraction of sp³-hybridized carbons (Fsp3) is 0.294. The summed E-state index contributed by atoms with van der Waals surface area (Å²) in [7, 11) is 0. The summed E-state index contributed by atoms with van der Waals surface area (Å²) in [6, 6.07) is 11.1. The summed E-state index contributed by atoms with van der Waals surface area (Å²) >= 11 is 3.39. The molecule has 0 aliphatic heterocycles. The van der Waals surface area contributed by atoms with Crippen LogP contribution in [0.2, 0.25) is 0 Å². The van der Waals surface area contributed by atoms with Crippen molar-refractivity contribution in [1.29, 1.82) is 0 Å². The predicted octanol–water partition coefficient (Wildman–Crippen LogP) is 5.19. The van der Waals surface area contributed by atoms with Gasteiger partial charge >= 0.3 is 0 Å². The van der Waals surface area contributed by atoms with E-state index in [1.807, 2.05) is 31.2 Å². The summed E-state index contributed by atoms with van der Waals surface area (Å²) in [5, 5.41) is 3.26. The van der Waals surface area contributed by atoms with Gasteiger partial charge in [0.15, 0.2) is 11.6 Å². The zero-order valence-electron chi connectivity index (χ0n) is 12.4. The molecule has 2 aromatic rings. The molecule has 0 atom stereocenters. The Morgan fingerprint density at radius 1 is 1.14 bits per heavy atom. The van der Waals surface area contributed by atoms with Gasteiger partial charge in [-0.3, -0.25) is 0 Å². The van der Waals surface area contributed by atoms with Crippen LogP contribution in [0.25, 0.3) is 0 Å². The highest BCUT2D eigenvalue weighted by Gasteiger charge is 2.08. The molecule has 1 N–H and O–H groups in total. The summed E-state index contributed by atoms with van der Waals surface area (Å²) in [6.45, 7) is 6.69. The first-order valence-corrected chi connectivity index (χ1v) is 7.71. The van der Waals surface area contributed by atoms with E-state index in [1.165, 1.54) is 6.07 Å². The number of nitrogens with one attached hydrogen (secondary N) is 1. The third-order valence-corrected chi connectivity index (χ3v) is 3.57. The van der Waals surface area contributed by atoms with Crippen LogP contribution in [0.15, 0.2) is 40.9 Å². The third-order valence-electron chi connectivity index (χ3n) is 3.08. The molecule has 0 unspecified atom stereocenters. The van der Waals surface area contributed by atoms with Gasteiger partial charge in [0.2, 0.25) is 0 Å². The Morgan fingerprint density at radius 3 is 2.57 bits per heavy atom. The van der Waals surface area contributed by atoms with Crippen molar-refractivity contribution in [1.82, 2.24) is 5.32 Å². The van der Waals surface area contributed by atoms with Crippen molar-refractivity contribution in [2.24, 2.45) is 0 Å². The maximum atomic E-state index is 14.1. The molecule has 0 aliphatic rings. The van der Waals surface area contributed by atoms with Crippen molar-refractivity contribution < 1.29 is 9.13 Å². The lowest BCUT2D eigenvalue weighted by molar-refractivity contribution is 0.438. The van der Waals surface area contributed by atoms with Crippen molar-refractivity contribution >= 4 is 15.9 Å². The molecule has 0 amide bonds. The highest BCUT2D eigenvalue weighted by atomic mass is 79.9. The lowest BCUT2D eigenvalue weighted by atomic mass is 10.2. The van der Waals surface area contributed by atoms with Crippen LogP contribution >= 0.6 is 15.9 Å². The van der Waals surface area contributed by atoms with Crippen LogP contribution in [-0.4, -0.2) is 6.04 Å². The van der Waals surface area contributed by atoms with Crippen molar-refractivity contribution in [3.8, 4) is 11.5 Å². The van der Waals surface area contributed by atoms with Crippen molar-refractivity contribution in [3.63, 3.8) is 0 Å². The number of benzene rings is 2. The zero-order chi connectivity index (χ0) is 15.4. The molecule has 2 nitrogen and oxygen atoms in total. The fourth-order valence-corrected chi connectivity index (χ4v) is 2.20. The van der Waals surface area contributed by atoms with E-state index in [4.69, 9.17) is 4.74 Å². The summed E-state index contributed by atoms with van der Waals surface area (Å²) in [5.41, 5.74) is 1.86. The number of ether oxygens (including phenoxy) is 1. The summed E-state index contributed by atoms with van der Waals surface area (Å²) in [5.74, 6) is 0.540. The second-order valence-electron chi connectivity index (χ2n) is 5.31. The largest absolute Gasteiger partial charge is 0.454 e. The van der Waals surface area contributed by atoms with Gasteiger partial charge in [-0.15, -0.1) is 0 Å². The Labute approximate surface area is 133 Å². The molecule has 112 valence electrons. The standard InChI is InChI=1S/C17H19BrFNO/c1-11(2)20-10-13-5-7-16(15(19)8-13)21-17-9-14(18)6-4-12(17)3/h4-9,11,20H,10H2,1-3H3. The van der Waals surface area contributed by atoms with Crippen LogP contribution < -0.4 is 10.1 Å². The van der Waals surface area contributed by atoms with Gasteiger partial charge in [0.05, 0.1) is 0 Å². The van der Waals surface area contributed by atoms with E-state index in [-0.39, 0.29) is 11.6 Å². The van der Waals surface area contributed by atoms with Gasteiger partial charge in [0, 0.05) is 17.1 Å². The summed E-state index contributed by atoms with van der Waals surface area (Å²) in [4.78, 5) is 0. The molecule has 0 saturated carbocycles. The molecule has 2 aromatic carbocycles. The van der Waals surface area contributed by atoms with E-state index in [9.17, 15) is 4.39 Å². The van der Waals surface area contributed by atoms with Crippen LogP contribution in [0.5, 0.6) is 11.5 Å². The fourth-order valence-electron chi connectivity index (χ4n) is 1.86. The quantitative estimate of drug-likeness (QED) is 0.800. The van der Waals surface area contributed by atoms with E-state index in [2.05, 4.69) is 35.1 Å². The normalized spacial score (nSPS) is 11.0. The average molecular weight is 352 g/mol. The zero-order valence-corrected chi connectivity index (χ0v) is 14.0. The summed E-state index contributed by atoms with van der Waals surface area (Å²) in [6.07, 6.45) is 0. The van der Waals surface area contributed by atoms with E-state index >= 15 is 0 Å². The smallest absolute Gasteiger partial charge is 0.166 e. The Kier molecular flexibility index (Phi) is 5.37. The number of halogens is 2. The number of rotatable bonds is 5. The minimum Gasteiger partial charge on any atom is -0.454 e. The Morgan fingerprint density at radius 2 is 1.90 bits per heavy atom. The molecule has 21 heavy (non-hydrogen) atoms. The van der Waals surface area contributed by atoms with Gasteiger partial charge in [-0.2, -0.15) is 0 Å². The predicted molar refractivity (Wildman–Crippen MR) is 87.3 cm³/mol. The molecule has 0 spiro atoms. The molecule has 0 radical (unpaired) electrons. The third kappa shape index (κ3) is 4.55. The minimum atomic E-state index is -0.350. The van der Waals surface area contributed by atoms with Crippen molar-refractivity contribution in [2.45, 2.75) is 33.4 Å². The number of hydrogen-bond donors (Lipinski definition) is 1. The Bertz CT molecular complexity index is 628. The van der Waals surface area contributed by atoms with Crippen LogP contribution in [0.4, 0.5) is 4.39 Å². The van der Waals surface area contributed by atoms with Crippen LogP contribution in [0.3, 0.4) is 0 Å². The van der Waals surface area contributed by atoms with Crippen LogP contribution in [0.1, 0.15) is 25.0 Å². The maximum Gasteiger partial charge on any atom is 0.166 e. The maximum absolute atomic E-state index is 14.1. The first-order valence-electron chi connectivity index (χ1n) is 6.91. The monoisotopic (exact) mass is 351 g/mol. The molecule has 2 rings (SSSR count). The lowest BCUT2D eigenvalue weighted by Gasteiger charge is -2.12.